The lowest BCUT2D eigenvalue weighted by Crippen LogP contribution is -2.23. The van der Waals surface area contributed by atoms with E-state index < -0.39 is 0 Å². The van der Waals surface area contributed by atoms with Gasteiger partial charge in [0, 0.05) is 38.6 Å². The zero-order valence-electron chi connectivity index (χ0n) is 15.9. The van der Waals surface area contributed by atoms with E-state index in [1.54, 1.807) is 33.9 Å². The second-order valence-corrected chi connectivity index (χ2v) is 6.90. The fourth-order valence-corrected chi connectivity index (χ4v) is 3.53. The van der Waals surface area contributed by atoms with Crippen LogP contribution in [0.1, 0.15) is 34.1 Å². The summed E-state index contributed by atoms with van der Waals surface area (Å²) in [6.07, 6.45) is 5.23. The van der Waals surface area contributed by atoms with Gasteiger partial charge in [-0.3, -0.25) is 9.48 Å². The van der Waals surface area contributed by atoms with Gasteiger partial charge in [0.25, 0.3) is 5.91 Å². The van der Waals surface area contributed by atoms with Crippen molar-refractivity contribution in [2.45, 2.75) is 33.1 Å². The molecule has 29 heavy (non-hydrogen) atoms. The quantitative estimate of drug-likeness (QED) is 0.546. The summed E-state index contributed by atoms with van der Waals surface area (Å²) in [5, 5.41) is 18.9. The molecule has 0 saturated carbocycles. The molecule has 10 nitrogen and oxygen atoms in total. The van der Waals surface area contributed by atoms with Crippen LogP contribution in [0.2, 0.25) is 0 Å². The SMILES string of the molecule is CCn1ccc(C(=O)NCc2ccc3c(c2)CN(c2nccn4nnnc24)C3)n1. The van der Waals surface area contributed by atoms with Crippen LogP contribution in [0.15, 0.2) is 42.9 Å². The molecule has 3 aromatic heterocycles. The summed E-state index contributed by atoms with van der Waals surface area (Å²) in [6.45, 7) is 4.64. The number of nitrogens with zero attached hydrogens (tertiary/aromatic N) is 8. The molecule has 1 amide bonds. The molecule has 0 radical (unpaired) electrons. The molecule has 10 heteroatoms. The maximum Gasteiger partial charge on any atom is 0.272 e. The number of benzene rings is 1. The number of aryl methyl sites for hydroxylation is 1. The minimum Gasteiger partial charge on any atom is -0.347 e. The van der Waals surface area contributed by atoms with E-state index in [-0.39, 0.29) is 5.91 Å². The van der Waals surface area contributed by atoms with Gasteiger partial charge >= 0.3 is 0 Å². The van der Waals surface area contributed by atoms with Crippen LogP contribution < -0.4 is 10.2 Å². The lowest BCUT2D eigenvalue weighted by molar-refractivity contribution is 0.0945. The molecule has 0 fully saturated rings. The Kier molecular flexibility index (Phi) is 4.15. The minimum atomic E-state index is -0.172. The van der Waals surface area contributed by atoms with Crippen molar-refractivity contribution in [3.8, 4) is 0 Å². The van der Waals surface area contributed by atoms with Crippen LogP contribution in [0.25, 0.3) is 5.65 Å². The van der Waals surface area contributed by atoms with Crippen LogP contribution in [0.3, 0.4) is 0 Å². The van der Waals surface area contributed by atoms with Gasteiger partial charge in [0.15, 0.2) is 5.82 Å². The van der Waals surface area contributed by atoms with Crippen molar-refractivity contribution < 1.29 is 4.79 Å². The molecule has 1 aliphatic heterocycles. The largest absolute Gasteiger partial charge is 0.347 e. The predicted octanol–water partition coefficient (Wildman–Crippen LogP) is 1.19. The molecule has 0 atom stereocenters. The highest BCUT2D eigenvalue weighted by Gasteiger charge is 2.23. The second kappa shape index (κ2) is 6.97. The van der Waals surface area contributed by atoms with E-state index in [1.807, 2.05) is 13.0 Å². The summed E-state index contributed by atoms with van der Waals surface area (Å²) in [6, 6.07) is 8.00. The number of rotatable bonds is 5. The Bertz CT molecular complexity index is 1200. The van der Waals surface area contributed by atoms with Gasteiger partial charge in [-0.05, 0) is 40.1 Å². The molecule has 4 heterocycles. The van der Waals surface area contributed by atoms with Crippen molar-refractivity contribution in [1.29, 1.82) is 0 Å². The Morgan fingerprint density at radius 1 is 1.17 bits per heavy atom. The van der Waals surface area contributed by atoms with Gasteiger partial charge < -0.3 is 10.2 Å². The number of carbonyl (C=O) groups is 1. The van der Waals surface area contributed by atoms with E-state index in [0.717, 1.165) is 31.0 Å². The Morgan fingerprint density at radius 2 is 2.07 bits per heavy atom. The van der Waals surface area contributed by atoms with Crippen LogP contribution in [0, 0.1) is 0 Å². The highest BCUT2D eigenvalue weighted by Crippen LogP contribution is 2.29. The smallest absolute Gasteiger partial charge is 0.272 e. The maximum atomic E-state index is 12.3. The molecule has 0 saturated heterocycles. The van der Waals surface area contributed by atoms with E-state index in [0.29, 0.717) is 17.9 Å². The van der Waals surface area contributed by atoms with Gasteiger partial charge in [-0.1, -0.05) is 18.2 Å². The topological polar surface area (TPSA) is 106 Å². The van der Waals surface area contributed by atoms with Crippen molar-refractivity contribution in [3.63, 3.8) is 0 Å². The first-order chi connectivity index (χ1) is 14.2. The lowest BCUT2D eigenvalue weighted by Gasteiger charge is -2.15. The molecule has 0 bridgehead atoms. The summed E-state index contributed by atoms with van der Waals surface area (Å²) in [5.74, 6) is 0.588. The number of tetrazole rings is 1. The molecular formula is C19H19N9O. The molecular weight excluding hydrogens is 370 g/mol. The van der Waals surface area contributed by atoms with E-state index >= 15 is 0 Å². The van der Waals surface area contributed by atoms with Crippen molar-refractivity contribution >= 4 is 17.4 Å². The van der Waals surface area contributed by atoms with E-state index in [4.69, 9.17) is 0 Å². The molecule has 5 rings (SSSR count). The third-order valence-corrected chi connectivity index (χ3v) is 5.04. The van der Waals surface area contributed by atoms with Crippen molar-refractivity contribution in [2.75, 3.05) is 4.90 Å². The van der Waals surface area contributed by atoms with Crippen LogP contribution in [0.4, 0.5) is 5.82 Å². The molecule has 0 spiro atoms. The van der Waals surface area contributed by atoms with Crippen LogP contribution in [-0.4, -0.2) is 40.7 Å². The zero-order chi connectivity index (χ0) is 19.8. The number of amides is 1. The first kappa shape index (κ1) is 17.3. The number of carbonyl (C=O) groups excluding carboxylic acids is 1. The zero-order valence-corrected chi connectivity index (χ0v) is 15.9. The van der Waals surface area contributed by atoms with Gasteiger partial charge in [0.05, 0.1) is 6.20 Å². The second-order valence-electron chi connectivity index (χ2n) is 6.90. The fraction of sp³-hybridized carbons (Fsp3) is 0.263. The summed E-state index contributed by atoms with van der Waals surface area (Å²) < 4.78 is 3.35. The van der Waals surface area contributed by atoms with Gasteiger partial charge in [0.1, 0.15) is 5.69 Å². The van der Waals surface area contributed by atoms with Gasteiger partial charge in [-0.2, -0.15) is 9.61 Å². The van der Waals surface area contributed by atoms with Crippen molar-refractivity contribution in [3.05, 3.63) is 65.2 Å². The molecule has 1 aromatic carbocycles. The number of hydrogen-bond donors (Lipinski definition) is 1. The standard InChI is InChI=1S/C19H19N9O/c1-2-27-7-5-16(23-27)19(29)21-10-13-3-4-14-11-26(12-15(14)9-13)17-18-22-24-25-28(18)8-6-20-17/h3-9H,2,10-12H2,1H3,(H,21,29). The predicted molar refractivity (Wildman–Crippen MR) is 104 cm³/mol. The minimum absolute atomic E-state index is 0.172. The number of anilines is 1. The van der Waals surface area contributed by atoms with E-state index in [9.17, 15) is 4.79 Å². The molecule has 1 aliphatic rings. The first-order valence-electron chi connectivity index (χ1n) is 9.41. The first-order valence-corrected chi connectivity index (χ1v) is 9.41. The highest BCUT2D eigenvalue weighted by atomic mass is 16.1. The molecule has 4 aromatic rings. The lowest BCUT2D eigenvalue weighted by atomic mass is 10.1. The summed E-state index contributed by atoms with van der Waals surface area (Å²) >= 11 is 0. The Hall–Kier alpha value is -3.82. The van der Waals surface area contributed by atoms with E-state index in [1.165, 1.54) is 11.1 Å². The number of fused-ring (bicyclic) bond motifs is 2. The molecule has 1 N–H and O–H groups in total. The average molecular weight is 389 g/mol. The van der Waals surface area contributed by atoms with Gasteiger partial charge in [-0.15, -0.1) is 5.10 Å². The van der Waals surface area contributed by atoms with Crippen molar-refractivity contribution in [1.82, 2.24) is 40.1 Å². The van der Waals surface area contributed by atoms with E-state index in [2.05, 4.69) is 48.0 Å². The summed E-state index contributed by atoms with van der Waals surface area (Å²) in [5.41, 5.74) is 4.56. The third-order valence-electron chi connectivity index (χ3n) is 5.04. The molecule has 0 aliphatic carbocycles. The van der Waals surface area contributed by atoms with Gasteiger partial charge in [-0.25, -0.2) is 4.98 Å². The maximum absolute atomic E-state index is 12.3. The third kappa shape index (κ3) is 3.18. The van der Waals surface area contributed by atoms with Gasteiger partial charge in [0.2, 0.25) is 5.65 Å². The van der Waals surface area contributed by atoms with Crippen LogP contribution in [0.5, 0.6) is 0 Å². The Balaban J connectivity index is 1.29. The number of nitrogens with one attached hydrogen (secondary N) is 1. The van der Waals surface area contributed by atoms with Crippen LogP contribution in [-0.2, 0) is 26.2 Å². The Morgan fingerprint density at radius 3 is 2.93 bits per heavy atom. The number of hydrogen-bond acceptors (Lipinski definition) is 7. The highest BCUT2D eigenvalue weighted by molar-refractivity contribution is 5.92. The summed E-state index contributed by atoms with van der Waals surface area (Å²) in [7, 11) is 0. The van der Waals surface area contributed by atoms with Crippen LogP contribution >= 0.6 is 0 Å². The normalized spacial score (nSPS) is 13.1. The van der Waals surface area contributed by atoms with Crippen molar-refractivity contribution in [2.24, 2.45) is 0 Å². The molecule has 0 unspecified atom stereocenters. The summed E-state index contributed by atoms with van der Waals surface area (Å²) in [4.78, 5) is 18.9. The Labute approximate surface area is 166 Å². The fourth-order valence-electron chi connectivity index (χ4n) is 3.53. The average Bonchev–Trinajstić information content (AvgIpc) is 3.49. The molecule has 146 valence electrons. The number of aromatic nitrogens is 7. The monoisotopic (exact) mass is 389 g/mol.